The van der Waals surface area contributed by atoms with Crippen LogP contribution in [0.15, 0.2) is 22.7 Å². The third kappa shape index (κ3) is 3.43. The van der Waals surface area contributed by atoms with Gasteiger partial charge >= 0.3 is 0 Å². The second-order valence-electron chi connectivity index (χ2n) is 6.31. The number of halogens is 2. The number of anilines is 1. The molecule has 0 saturated carbocycles. The molecule has 0 spiro atoms. The number of nitrogens with one attached hydrogen (secondary N) is 2. The zero-order valence-corrected chi connectivity index (χ0v) is 13.8. The minimum Gasteiger partial charge on any atom is -0.355 e. The molecule has 6 heteroatoms. The Bertz CT molecular complexity index is 584. The molecule has 2 atom stereocenters. The highest BCUT2D eigenvalue weighted by Gasteiger charge is 2.45. The summed E-state index contributed by atoms with van der Waals surface area (Å²) >= 11 is 3.20. The van der Waals surface area contributed by atoms with Crippen LogP contribution in [0.3, 0.4) is 0 Å². The molecule has 0 aliphatic carbocycles. The first kappa shape index (κ1) is 15.9. The van der Waals surface area contributed by atoms with Crippen LogP contribution < -0.4 is 10.6 Å². The topological polar surface area (TPSA) is 58.2 Å². The fraction of sp³-hybridized carbons (Fsp3) is 0.467. The number of hydrogen-bond acceptors (Lipinski definition) is 2. The zero-order chi connectivity index (χ0) is 15.8. The molecule has 1 saturated heterocycles. The summed E-state index contributed by atoms with van der Waals surface area (Å²) in [6.45, 7) is 6.51. The van der Waals surface area contributed by atoms with Gasteiger partial charge in [-0.05, 0) is 39.5 Å². The predicted octanol–water partition coefficient (Wildman–Crippen LogP) is 2.94. The molecule has 114 valence electrons. The van der Waals surface area contributed by atoms with Gasteiger partial charge in [0.05, 0.1) is 5.69 Å². The number of carbonyl (C=O) groups is 2. The van der Waals surface area contributed by atoms with Gasteiger partial charge in [-0.25, -0.2) is 4.39 Å². The zero-order valence-electron chi connectivity index (χ0n) is 12.2. The van der Waals surface area contributed by atoms with E-state index in [1.165, 1.54) is 18.2 Å². The third-order valence-electron chi connectivity index (χ3n) is 3.76. The summed E-state index contributed by atoms with van der Waals surface area (Å²) in [5.41, 5.74) is 0.287. The first-order valence-corrected chi connectivity index (χ1v) is 7.53. The quantitative estimate of drug-likeness (QED) is 0.800. The van der Waals surface area contributed by atoms with Crippen LogP contribution in [0.25, 0.3) is 0 Å². The van der Waals surface area contributed by atoms with Crippen molar-refractivity contribution in [3.8, 4) is 0 Å². The van der Waals surface area contributed by atoms with Crippen LogP contribution in [0.1, 0.15) is 20.8 Å². The van der Waals surface area contributed by atoms with Crippen molar-refractivity contribution in [2.24, 2.45) is 17.3 Å². The van der Waals surface area contributed by atoms with Gasteiger partial charge in [-0.1, -0.05) is 20.8 Å². The predicted molar refractivity (Wildman–Crippen MR) is 82.2 cm³/mol. The van der Waals surface area contributed by atoms with E-state index in [4.69, 9.17) is 0 Å². The van der Waals surface area contributed by atoms with Crippen LogP contribution in [0.2, 0.25) is 0 Å². The first-order valence-electron chi connectivity index (χ1n) is 6.74. The standard InChI is InChI=1S/C15H18BrFN2O2/c1-15(2,3)9-7-18-13(20)12(9)14(21)19-11-5-4-8(17)6-10(11)16/h4-6,9,12H,7H2,1-3H3,(H,18,20)(H,19,21)/t9-,12-/m0/s1. The normalized spacial score (nSPS) is 22.0. The van der Waals surface area contributed by atoms with Gasteiger partial charge in [0, 0.05) is 16.9 Å². The van der Waals surface area contributed by atoms with Crippen LogP contribution in [0, 0.1) is 23.1 Å². The molecule has 0 radical (unpaired) electrons. The van der Waals surface area contributed by atoms with Gasteiger partial charge in [0.2, 0.25) is 11.8 Å². The Morgan fingerprint density at radius 2 is 2.10 bits per heavy atom. The maximum Gasteiger partial charge on any atom is 0.237 e. The summed E-state index contributed by atoms with van der Waals surface area (Å²) < 4.78 is 13.5. The maximum absolute atomic E-state index is 13.1. The number of amides is 2. The fourth-order valence-corrected chi connectivity index (χ4v) is 2.98. The lowest BCUT2D eigenvalue weighted by Crippen LogP contribution is -2.37. The molecule has 1 fully saturated rings. The average Bonchev–Trinajstić information content (AvgIpc) is 2.74. The van der Waals surface area contributed by atoms with Crippen molar-refractivity contribution < 1.29 is 14.0 Å². The molecule has 2 N–H and O–H groups in total. The third-order valence-corrected chi connectivity index (χ3v) is 4.42. The number of benzene rings is 1. The molecule has 1 aromatic rings. The SMILES string of the molecule is CC(C)(C)[C@H]1CNC(=O)[C@H]1C(=O)Nc1ccc(F)cc1Br. The molecule has 0 aromatic heterocycles. The average molecular weight is 357 g/mol. The van der Waals surface area contributed by atoms with E-state index < -0.39 is 11.7 Å². The highest BCUT2D eigenvalue weighted by atomic mass is 79.9. The van der Waals surface area contributed by atoms with E-state index in [0.29, 0.717) is 16.7 Å². The summed E-state index contributed by atoms with van der Waals surface area (Å²) in [5, 5.41) is 5.44. The lowest BCUT2D eigenvalue weighted by Gasteiger charge is -2.29. The molecule has 1 aliphatic heterocycles. The number of hydrogen-bond donors (Lipinski definition) is 2. The molecule has 1 aliphatic rings. The Hall–Kier alpha value is -1.43. The van der Waals surface area contributed by atoms with Crippen molar-refractivity contribution in [3.63, 3.8) is 0 Å². The van der Waals surface area contributed by atoms with Crippen molar-refractivity contribution in [1.82, 2.24) is 5.32 Å². The second-order valence-corrected chi connectivity index (χ2v) is 7.16. The van der Waals surface area contributed by atoms with E-state index in [9.17, 15) is 14.0 Å². The first-order chi connectivity index (χ1) is 9.70. The van der Waals surface area contributed by atoms with Crippen molar-refractivity contribution in [2.45, 2.75) is 20.8 Å². The van der Waals surface area contributed by atoms with Gasteiger partial charge in [0.1, 0.15) is 11.7 Å². The second kappa shape index (κ2) is 5.75. The lowest BCUT2D eigenvalue weighted by atomic mass is 9.74. The van der Waals surface area contributed by atoms with Gasteiger partial charge in [-0.2, -0.15) is 0 Å². The van der Waals surface area contributed by atoms with E-state index in [-0.39, 0.29) is 23.1 Å². The Balaban J connectivity index is 2.20. The van der Waals surface area contributed by atoms with Gasteiger partial charge < -0.3 is 10.6 Å². The Morgan fingerprint density at radius 3 is 2.67 bits per heavy atom. The summed E-state index contributed by atoms with van der Waals surface area (Å²) in [4.78, 5) is 24.4. The molecule has 21 heavy (non-hydrogen) atoms. The van der Waals surface area contributed by atoms with Crippen LogP contribution in [-0.4, -0.2) is 18.4 Å². The summed E-state index contributed by atoms with van der Waals surface area (Å²) in [5.74, 6) is -1.83. The van der Waals surface area contributed by atoms with E-state index in [1.54, 1.807) is 0 Å². The van der Waals surface area contributed by atoms with Crippen molar-refractivity contribution in [1.29, 1.82) is 0 Å². The van der Waals surface area contributed by atoms with E-state index in [0.717, 1.165) is 0 Å². The van der Waals surface area contributed by atoms with E-state index in [2.05, 4.69) is 26.6 Å². The van der Waals surface area contributed by atoms with Crippen LogP contribution in [-0.2, 0) is 9.59 Å². The van der Waals surface area contributed by atoms with E-state index >= 15 is 0 Å². The molecule has 0 bridgehead atoms. The smallest absolute Gasteiger partial charge is 0.237 e. The Labute approximate surface area is 131 Å². The maximum atomic E-state index is 13.1. The van der Waals surface area contributed by atoms with Crippen LogP contribution in [0.5, 0.6) is 0 Å². The van der Waals surface area contributed by atoms with Gasteiger partial charge in [0.15, 0.2) is 0 Å². The Morgan fingerprint density at radius 1 is 1.43 bits per heavy atom. The molecule has 2 rings (SSSR count). The van der Waals surface area contributed by atoms with Gasteiger partial charge in [0.25, 0.3) is 0 Å². The molecule has 2 amide bonds. The van der Waals surface area contributed by atoms with Crippen LogP contribution in [0.4, 0.5) is 10.1 Å². The monoisotopic (exact) mass is 356 g/mol. The molecular formula is C15H18BrFN2O2. The van der Waals surface area contributed by atoms with Crippen molar-refractivity contribution in [2.75, 3.05) is 11.9 Å². The summed E-state index contributed by atoms with van der Waals surface area (Å²) in [7, 11) is 0. The van der Waals surface area contributed by atoms with Crippen molar-refractivity contribution in [3.05, 3.63) is 28.5 Å². The number of carbonyl (C=O) groups excluding carboxylic acids is 2. The largest absolute Gasteiger partial charge is 0.355 e. The molecule has 4 nitrogen and oxygen atoms in total. The lowest BCUT2D eigenvalue weighted by molar-refractivity contribution is -0.132. The fourth-order valence-electron chi connectivity index (χ4n) is 2.53. The molecule has 1 aromatic carbocycles. The molecule has 1 heterocycles. The van der Waals surface area contributed by atoms with Crippen molar-refractivity contribution >= 4 is 33.4 Å². The molecular weight excluding hydrogens is 339 g/mol. The highest BCUT2D eigenvalue weighted by molar-refractivity contribution is 9.10. The molecule has 0 unspecified atom stereocenters. The Kier molecular flexibility index (Phi) is 4.37. The van der Waals surface area contributed by atoms with Gasteiger partial charge in [-0.15, -0.1) is 0 Å². The summed E-state index contributed by atoms with van der Waals surface area (Å²) in [6, 6.07) is 4.00. The van der Waals surface area contributed by atoms with Crippen LogP contribution >= 0.6 is 15.9 Å². The van der Waals surface area contributed by atoms with Gasteiger partial charge in [-0.3, -0.25) is 9.59 Å². The highest BCUT2D eigenvalue weighted by Crippen LogP contribution is 2.36. The number of rotatable bonds is 2. The minimum absolute atomic E-state index is 0.0794. The van der Waals surface area contributed by atoms with E-state index in [1.807, 2.05) is 20.8 Å². The summed E-state index contributed by atoms with van der Waals surface area (Å²) in [6.07, 6.45) is 0. The minimum atomic E-state index is -0.734.